The van der Waals surface area contributed by atoms with Crippen LogP contribution in [0.15, 0.2) is 35.2 Å². The fraction of sp³-hybridized carbons (Fsp3) is 0.231. The number of thiophene rings is 1. The van der Waals surface area contributed by atoms with Crippen molar-refractivity contribution in [1.82, 2.24) is 4.72 Å². The van der Waals surface area contributed by atoms with Gasteiger partial charge in [0.15, 0.2) is 0 Å². The van der Waals surface area contributed by atoms with Crippen molar-refractivity contribution in [3.63, 3.8) is 0 Å². The van der Waals surface area contributed by atoms with Gasteiger partial charge in [0, 0.05) is 11.4 Å². The summed E-state index contributed by atoms with van der Waals surface area (Å²) in [5, 5.41) is 3.15. The average molecular weight is 346 g/mol. The Hall–Kier alpha value is -1.28. The predicted octanol–water partition coefficient (Wildman–Crippen LogP) is 2.55. The molecule has 2 aromatic rings. The topological polar surface area (TPSA) is 84.2 Å². The Labute approximate surface area is 133 Å². The van der Waals surface area contributed by atoms with Crippen LogP contribution in [0.3, 0.4) is 0 Å². The third-order valence-electron chi connectivity index (χ3n) is 2.92. The minimum Gasteiger partial charge on any atom is -0.397 e. The summed E-state index contributed by atoms with van der Waals surface area (Å²) in [7, 11) is -2.10. The first-order chi connectivity index (χ1) is 9.92. The van der Waals surface area contributed by atoms with E-state index < -0.39 is 10.0 Å². The van der Waals surface area contributed by atoms with Gasteiger partial charge in [-0.2, -0.15) is 0 Å². The van der Waals surface area contributed by atoms with Gasteiger partial charge in [0.1, 0.15) is 0 Å². The van der Waals surface area contributed by atoms with Gasteiger partial charge >= 0.3 is 0 Å². The van der Waals surface area contributed by atoms with E-state index in [0.29, 0.717) is 17.9 Å². The molecule has 0 aliphatic carbocycles. The highest BCUT2D eigenvalue weighted by molar-refractivity contribution is 7.89. The molecule has 21 heavy (non-hydrogen) atoms. The summed E-state index contributed by atoms with van der Waals surface area (Å²) in [5.41, 5.74) is 6.98. The number of benzene rings is 1. The second-order valence-corrected chi connectivity index (χ2v) is 8.03. The third kappa shape index (κ3) is 4.10. The van der Waals surface area contributed by atoms with Crippen molar-refractivity contribution in [1.29, 1.82) is 0 Å². The lowest BCUT2D eigenvalue weighted by molar-refractivity contribution is 0.588. The van der Waals surface area contributed by atoms with Gasteiger partial charge in [-0.25, -0.2) is 13.1 Å². The second kappa shape index (κ2) is 6.65. The van der Waals surface area contributed by atoms with Gasteiger partial charge in [-0.05, 0) is 43.8 Å². The van der Waals surface area contributed by atoms with E-state index in [9.17, 15) is 8.42 Å². The molecule has 8 heteroatoms. The number of hydrogen-bond donors (Lipinski definition) is 3. The number of rotatable bonds is 6. The quantitative estimate of drug-likeness (QED) is 0.702. The fourth-order valence-electron chi connectivity index (χ4n) is 1.78. The molecule has 114 valence electrons. The van der Waals surface area contributed by atoms with Gasteiger partial charge in [0.2, 0.25) is 10.0 Å². The molecule has 0 aliphatic heterocycles. The maximum absolute atomic E-state index is 11.8. The molecule has 1 aromatic heterocycles. The van der Waals surface area contributed by atoms with E-state index in [0.717, 1.165) is 15.6 Å². The number of nitrogens with one attached hydrogen (secondary N) is 2. The van der Waals surface area contributed by atoms with Crippen molar-refractivity contribution in [3.8, 4) is 0 Å². The molecule has 2 rings (SSSR count). The number of halogens is 1. The molecule has 0 aliphatic rings. The molecule has 0 saturated carbocycles. The number of nitrogens with two attached hydrogens (primary N) is 1. The van der Waals surface area contributed by atoms with Crippen molar-refractivity contribution in [2.75, 3.05) is 24.6 Å². The van der Waals surface area contributed by atoms with Gasteiger partial charge in [0.05, 0.1) is 20.6 Å². The van der Waals surface area contributed by atoms with E-state index in [1.54, 1.807) is 6.07 Å². The number of hydrogen-bond acceptors (Lipinski definition) is 5. The van der Waals surface area contributed by atoms with Gasteiger partial charge < -0.3 is 11.1 Å². The summed E-state index contributed by atoms with van der Waals surface area (Å²) < 4.78 is 26.6. The molecule has 0 unspecified atom stereocenters. The van der Waals surface area contributed by atoms with Crippen molar-refractivity contribution in [3.05, 3.63) is 39.5 Å². The SMILES string of the molecule is CNS(=O)(=O)c1ccc(N)c(NCCc2ccc(Cl)s2)c1. The largest absolute Gasteiger partial charge is 0.397 e. The number of sulfonamides is 1. The Kier molecular flexibility index (Phi) is 5.10. The van der Waals surface area contributed by atoms with Crippen LogP contribution in [0.1, 0.15) is 4.88 Å². The molecular formula is C13H16ClN3O2S2. The van der Waals surface area contributed by atoms with Gasteiger partial charge in [-0.3, -0.25) is 0 Å². The standard InChI is InChI=1S/C13H16ClN3O2S2/c1-16-21(18,19)10-3-4-11(15)12(8-10)17-7-6-9-2-5-13(14)20-9/h2-5,8,16-17H,6-7,15H2,1H3. The van der Waals surface area contributed by atoms with Gasteiger partial charge in [0.25, 0.3) is 0 Å². The Bertz CT molecular complexity index is 729. The van der Waals surface area contributed by atoms with Crippen LogP contribution >= 0.6 is 22.9 Å². The van der Waals surface area contributed by atoms with E-state index in [1.165, 1.54) is 30.5 Å². The second-order valence-electron chi connectivity index (χ2n) is 4.34. The van der Waals surface area contributed by atoms with E-state index >= 15 is 0 Å². The third-order valence-corrected chi connectivity index (χ3v) is 5.62. The molecule has 0 fully saturated rings. The van der Waals surface area contributed by atoms with Crippen molar-refractivity contribution in [2.45, 2.75) is 11.3 Å². The summed E-state index contributed by atoms with van der Waals surface area (Å²) in [4.78, 5) is 1.34. The molecule has 4 N–H and O–H groups in total. The maximum atomic E-state index is 11.8. The molecule has 0 bridgehead atoms. The highest BCUT2D eigenvalue weighted by atomic mass is 35.5. The number of anilines is 2. The van der Waals surface area contributed by atoms with Gasteiger partial charge in [-0.1, -0.05) is 11.6 Å². The minimum absolute atomic E-state index is 0.181. The molecule has 1 aromatic carbocycles. The lowest BCUT2D eigenvalue weighted by atomic mass is 10.2. The monoisotopic (exact) mass is 345 g/mol. The Balaban J connectivity index is 2.07. The Morgan fingerprint density at radius 1 is 1.29 bits per heavy atom. The van der Waals surface area contributed by atoms with Gasteiger partial charge in [-0.15, -0.1) is 11.3 Å². The highest BCUT2D eigenvalue weighted by Gasteiger charge is 2.13. The number of nitrogen functional groups attached to an aromatic ring is 1. The molecule has 0 amide bonds. The zero-order chi connectivity index (χ0) is 15.5. The smallest absolute Gasteiger partial charge is 0.240 e. The van der Waals surface area contributed by atoms with Crippen molar-refractivity contribution in [2.24, 2.45) is 0 Å². The Morgan fingerprint density at radius 2 is 2.05 bits per heavy atom. The van der Waals surface area contributed by atoms with Crippen LogP contribution in [0.4, 0.5) is 11.4 Å². The summed E-state index contributed by atoms with van der Waals surface area (Å²) in [6.07, 6.45) is 0.792. The molecule has 1 heterocycles. The van der Waals surface area contributed by atoms with E-state index in [4.69, 9.17) is 17.3 Å². The van der Waals surface area contributed by atoms with Crippen LogP contribution in [0, 0.1) is 0 Å². The van der Waals surface area contributed by atoms with Crippen molar-refractivity contribution >= 4 is 44.3 Å². The van der Waals surface area contributed by atoms with Crippen LogP contribution in [0.25, 0.3) is 0 Å². The normalized spacial score (nSPS) is 11.5. The van der Waals surface area contributed by atoms with Crippen LogP contribution < -0.4 is 15.8 Å². The molecular weight excluding hydrogens is 330 g/mol. The van der Waals surface area contributed by atoms with E-state index in [1.807, 2.05) is 12.1 Å². The molecule has 0 saturated heterocycles. The fourth-order valence-corrected chi connectivity index (χ4v) is 3.62. The zero-order valence-electron chi connectivity index (χ0n) is 11.4. The van der Waals surface area contributed by atoms with Crippen molar-refractivity contribution < 1.29 is 8.42 Å². The summed E-state index contributed by atoms with van der Waals surface area (Å²) >= 11 is 7.40. The van der Waals surface area contributed by atoms with Crippen LogP contribution in [-0.2, 0) is 16.4 Å². The van der Waals surface area contributed by atoms with Crippen LogP contribution in [0.5, 0.6) is 0 Å². The van der Waals surface area contributed by atoms with E-state index in [-0.39, 0.29) is 4.90 Å². The molecule has 0 spiro atoms. The predicted molar refractivity (Wildman–Crippen MR) is 88.6 cm³/mol. The minimum atomic E-state index is -3.47. The first-order valence-electron chi connectivity index (χ1n) is 6.23. The molecule has 0 radical (unpaired) electrons. The molecule has 0 atom stereocenters. The van der Waals surface area contributed by atoms with Crippen LogP contribution in [-0.4, -0.2) is 22.0 Å². The van der Waals surface area contributed by atoms with Crippen LogP contribution in [0.2, 0.25) is 4.34 Å². The highest BCUT2D eigenvalue weighted by Crippen LogP contribution is 2.24. The first kappa shape index (κ1) is 16.1. The lowest BCUT2D eigenvalue weighted by Crippen LogP contribution is -2.19. The summed E-state index contributed by atoms with van der Waals surface area (Å²) in [6.45, 7) is 0.643. The maximum Gasteiger partial charge on any atom is 0.240 e. The first-order valence-corrected chi connectivity index (χ1v) is 8.91. The lowest BCUT2D eigenvalue weighted by Gasteiger charge is -2.11. The van der Waals surface area contributed by atoms with E-state index in [2.05, 4.69) is 10.0 Å². The Morgan fingerprint density at radius 3 is 2.67 bits per heavy atom. The summed E-state index contributed by atoms with van der Waals surface area (Å²) in [6, 6.07) is 8.42. The summed E-state index contributed by atoms with van der Waals surface area (Å²) in [5.74, 6) is 0. The zero-order valence-corrected chi connectivity index (χ0v) is 13.8. The average Bonchev–Trinajstić information content (AvgIpc) is 2.86. The molecule has 5 nitrogen and oxygen atoms in total.